The summed E-state index contributed by atoms with van der Waals surface area (Å²) in [7, 11) is 0. The second-order valence-corrected chi connectivity index (χ2v) is 5.27. The zero-order chi connectivity index (χ0) is 11.6. The average Bonchev–Trinajstić information content (AvgIpc) is 2.45. The summed E-state index contributed by atoms with van der Waals surface area (Å²) in [6, 6.07) is 0.0495. The van der Waals surface area contributed by atoms with Gasteiger partial charge in [0.05, 0.1) is 6.04 Å². The predicted molar refractivity (Wildman–Crippen MR) is 69.6 cm³/mol. The molecule has 1 heterocycles. The normalized spacial score (nSPS) is 26.8. The van der Waals surface area contributed by atoms with Crippen LogP contribution in [0.15, 0.2) is 0 Å². The Labute approximate surface area is 105 Å². The molecule has 0 aliphatic carbocycles. The monoisotopic (exact) mass is 248 g/mol. The van der Waals surface area contributed by atoms with Crippen molar-refractivity contribution < 1.29 is 4.79 Å². The third-order valence-electron chi connectivity index (χ3n) is 3.47. The van der Waals surface area contributed by atoms with Crippen molar-refractivity contribution in [1.82, 2.24) is 4.90 Å². The summed E-state index contributed by atoms with van der Waals surface area (Å²) in [6.07, 6.45) is 1.90. The quantitative estimate of drug-likeness (QED) is 0.831. The molecule has 1 fully saturated rings. The summed E-state index contributed by atoms with van der Waals surface area (Å²) < 4.78 is 0. The summed E-state index contributed by atoms with van der Waals surface area (Å²) in [5.41, 5.74) is 5.91. The Morgan fingerprint density at radius 3 is 2.38 bits per heavy atom. The molecule has 0 saturated carbocycles. The van der Waals surface area contributed by atoms with Gasteiger partial charge in [-0.3, -0.25) is 4.79 Å². The van der Waals surface area contributed by atoms with Crippen LogP contribution in [0.2, 0.25) is 0 Å². The van der Waals surface area contributed by atoms with E-state index in [1.54, 1.807) is 0 Å². The number of nitrogens with zero attached hydrogens (tertiary/aromatic N) is 1. The Morgan fingerprint density at radius 2 is 2.00 bits per heavy atom. The van der Waals surface area contributed by atoms with Crippen molar-refractivity contribution in [2.75, 3.05) is 6.54 Å². The Bertz CT molecular complexity index is 233. The molecule has 1 aliphatic rings. The van der Waals surface area contributed by atoms with Gasteiger partial charge in [0, 0.05) is 12.6 Å². The fraction of sp³-hybridized carbons (Fsp3) is 0.917. The molecular weight excluding hydrogens is 224 g/mol. The topological polar surface area (TPSA) is 46.3 Å². The van der Waals surface area contributed by atoms with Crippen molar-refractivity contribution in [1.29, 1.82) is 0 Å². The summed E-state index contributed by atoms with van der Waals surface area (Å²) in [4.78, 5) is 14.0. The Hall–Kier alpha value is -0.280. The van der Waals surface area contributed by atoms with E-state index in [4.69, 9.17) is 5.73 Å². The van der Waals surface area contributed by atoms with E-state index in [2.05, 4.69) is 27.7 Å². The molecule has 1 aliphatic heterocycles. The molecule has 4 heteroatoms. The highest BCUT2D eigenvalue weighted by molar-refractivity contribution is 5.85. The Morgan fingerprint density at radius 1 is 1.44 bits per heavy atom. The second-order valence-electron chi connectivity index (χ2n) is 5.27. The number of rotatable bonds is 3. The highest BCUT2D eigenvalue weighted by atomic mass is 35.5. The minimum Gasteiger partial charge on any atom is -0.338 e. The van der Waals surface area contributed by atoms with Crippen molar-refractivity contribution in [2.24, 2.45) is 17.6 Å². The number of likely N-dealkylation sites (tertiary alicyclic amines) is 1. The standard InChI is InChI=1S/C12H24N2O.ClH/c1-8(2)7-11(13)12(15)14-6-5-9(3)10(14)4;/h8-11H,5-7,13H2,1-4H3;1H/t9?,10?,11-;/m0./s1. The largest absolute Gasteiger partial charge is 0.338 e. The van der Waals surface area contributed by atoms with Crippen LogP contribution in [-0.4, -0.2) is 29.4 Å². The van der Waals surface area contributed by atoms with E-state index < -0.39 is 0 Å². The van der Waals surface area contributed by atoms with Crippen molar-refractivity contribution in [2.45, 2.75) is 52.6 Å². The number of carbonyl (C=O) groups is 1. The molecule has 3 nitrogen and oxygen atoms in total. The number of halogens is 1. The van der Waals surface area contributed by atoms with Crippen LogP contribution in [0.25, 0.3) is 0 Å². The molecule has 16 heavy (non-hydrogen) atoms. The zero-order valence-corrected chi connectivity index (χ0v) is 11.6. The maximum absolute atomic E-state index is 12.0. The average molecular weight is 249 g/mol. The highest BCUT2D eigenvalue weighted by Gasteiger charge is 2.33. The van der Waals surface area contributed by atoms with E-state index in [1.807, 2.05) is 4.90 Å². The predicted octanol–water partition coefficient (Wildman–Crippen LogP) is 2.04. The van der Waals surface area contributed by atoms with Crippen molar-refractivity contribution in [3.63, 3.8) is 0 Å². The summed E-state index contributed by atoms with van der Waals surface area (Å²) in [5.74, 6) is 1.24. The number of amides is 1. The number of hydrogen-bond donors (Lipinski definition) is 1. The van der Waals surface area contributed by atoms with Gasteiger partial charge in [0.2, 0.25) is 5.91 Å². The van der Waals surface area contributed by atoms with Crippen LogP contribution >= 0.6 is 12.4 Å². The third-order valence-corrected chi connectivity index (χ3v) is 3.47. The van der Waals surface area contributed by atoms with Crippen LogP contribution < -0.4 is 5.73 Å². The number of carbonyl (C=O) groups excluding carboxylic acids is 1. The fourth-order valence-electron chi connectivity index (χ4n) is 2.23. The van der Waals surface area contributed by atoms with Gasteiger partial charge in [-0.15, -0.1) is 12.4 Å². The molecule has 2 unspecified atom stereocenters. The van der Waals surface area contributed by atoms with Gasteiger partial charge in [-0.25, -0.2) is 0 Å². The van der Waals surface area contributed by atoms with Gasteiger partial charge < -0.3 is 10.6 Å². The van der Waals surface area contributed by atoms with E-state index in [1.165, 1.54) is 0 Å². The van der Waals surface area contributed by atoms with Gasteiger partial charge >= 0.3 is 0 Å². The lowest BCUT2D eigenvalue weighted by molar-refractivity contribution is -0.133. The first kappa shape index (κ1) is 15.7. The van der Waals surface area contributed by atoms with E-state index in [0.29, 0.717) is 17.9 Å². The van der Waals surface area contributed by atoms with Gasteiger partial charge in [0.15, 0.2) is 0 Å². The van der Waals surface area contributed by atoms with Crippen LogP contribution in [-0.2, 0) is 4.79 Å². The minimum absolute atomic E-state index is 0. The summed E-state index contributed by atoms with van der Waals surface area (Å²) in [6.45, 7) is 9.41. The molecule has 3 atom stereocenters. The maximum Gasteiger partial charge on any atom is 0.239 e. The summed E-state index contributed by atoms with van der Waals surface area (Å²) >= 11 is 0. The minimum atomic E-state index is -0.308. The lowest BCUT2D eigenvalue weighted by Gasteiger charge is -2.27. The molecule has 0 radical (unpaired) electrons. The highest BCUT2D eigenvalue weighted by Crippen LogP contribution is 2.24. The van der Waals surface area contributed by atoms with E-state index in [9.17, 15) is 4.79 Å². The van der Waals surface area contributed by atoms with Gasteiger partial charge in [-0.1, -0.05) is 20.8 Å². The van der Waals surface area contributed by atoms with Crippen molar-refractivity contribution in [3.05, 3.63) is 0 Å². The van der Waals surface area contributed by atoms with Crippen LogP contribution in [0.5, 0.6) is 0 Å². The van der Waals surface area contributed by atoms with Crippen LogP contribution in [0, 0.1) is 11.8 Å². The lowest BCUT2D eigenvalue weighted by atomic mass is 10.0. The van der Waals surface area contributed by atoms with Gasteiger partial charge in [-0.05, 0) is 31.6 Å². The van der Waals surface area contributed by atoms with Crippen LogP contribution in [0.3, 0.4) is 0 Å². The molecule has 0 bridgehead atoms. The molecule has 0 aromatic heterocycles. The first-order chi connectivity index (χ1) is 6.93. The van der Waals surface area contributed by atoms with Gasteiger partial charge in [0.25, 0.3) is 0 Å². The lowest BCUT2D eigenvalue weighted by Crippen LogP contribution is -2.46. The SMILES string of the molecule is CC(C)C[C@H](N)C(=O)N1CCC(C)C1C.Cl. The summed E-state index contributed by atoms with van der Waals surface area (Å²) in [5, 5.41) is 0. The van der Waals surface area contributed by atoms with Crippen molar-refractivity contribution in [3.8, 4) is 0 Å². The Balaban J connectivity index is 0.00000225. The third kappa shape index (κ3) is 3.63. The fourth-order valence-corrected chi connectivity index (χ4v) is 2.23. The van der Waals surface area contributed by atoms with Crippen LogP contribution in [0.4, 0.5) is 0 Å². The maximum atomic E-state index is 12.0. The molecule has 0 aromatic carbocycles. The molecular formula is C12H25ClN2O. The Kier molecular flexibility index (Phi) is 6.34. The van der Waals surface area contributed by atoms with E-state index in [-0.39, 0.29) is 24.4 Å². The van der Waals surface area contributed by atoms with Crippen molar-refractivity contribution >= 4 is 18.3 Å². The first-order valence-electron chi connectivity index (χ1n) is 5.99. The van der Waals surface area contributed by atoms with E-state index >= 15 is 0 Å². The molecule has 0 aromatic rings. The first-order valence-corrected chi connectivity index (χ1v) is 5.99. The molecule has 96 valence electrons. The molecule has 1 rings (SSSR count). The zero-order valence-electron chi connectivity index (χ0n) is 10.8. The van der Waals surface area contributed by atoms with Crippen LogP contribution in [0.1, 0.15) is 40.5 Å². The number of nitrogens with two attached hydrogens (primary N) is 1. The second kappa shape index (κ2) is 6.45. The molecule has 1 saturated heterocycles. The molecule has 2 N–H and O–H groups in total. The van der Waals surface area contributed by atoms with Gasteiger partial charge in [-0.2, -0.15) is 0 Å². The smallest absolute Gasteiger partial charge is 0.239 e. The van der Waals surface area contributed by atoms with Gasteiger partial charge in [0.1, 0.15) is 0 Å². The molecule has 1 amide bonds. The van der Waals surface area contributed by atoms with E-state index in [0.717, 1.165) is 19.4 Å². The molecule has 0 spiro atoms. The number of hydrogen-bond acceptors (Lipinski definition) is 2.